The Kier molecular flexibility index (Phi) is 6.70. The van der Waals surface area contributed by atoms with Crippen LogP contribution in [0.3, 0.4) is 0 Å². The molecule has 0 radical (unpaired) electrons. The Bertz CT molecular complexity index is 1280. The Morgan fingerprint density at radius 3 is 2.48 bits per heavy atom. The minimum absolute atomic E-state index is 0.213. The van der Waals surface area contributed by atoms with Crippen molar-refractivity contribution in [2.24, 2.45) is 5.92 Å². The van der Waals surface area contributed by atoms with E-state index in [0.717, 1.165) is 33.7 Å². The second-order valence-corrected chi connectivity index (χ2v) is 8.61. The first-order chi connectivity index (χ1) is 15.9. The molecule has 0 aliphatic heterocycles. The summed E-state index contributed by atoms with van der Waals surface area (Å²) < 4.78 is 11.5. The van der Waals surface area contributed by atoms with Gasteiger partial charge in [0.25, 0.3) is 5.91 Å². The topological polar surface area (TPSA) is 76.4 Å². The zero-order chi connectivity index (χ0) is 23.4. The first kappa shape index (κ1) is 22.5. The number of aromatic nitrogens is 1. The molecule has 0 atom stereocenters. The molecule has 3 aromatic carbocycles. The molecular weight excluding hydrogens is 434 g/mol. The Morgan fingerprint density at radius 1 is 1.06 bits per heavy atom. The van der Waals surface area contributed by atoms with Gasteiger partial charge in [0.05, 0.1) is 6.61 Å². The van der Waals surface area contributed by atoms with Crippen molar-refractivity contribution in [3.63, 3.8) is 0 Å². The molecule has 4 aromatic rings. The summed E-state index contributed by atoms with van der Waals surface area (Å²) in [6, 6.07) is 20.4. The van der Waals surface area contributed by atoms with Crippen molar-refractivity contribution in [3.8, 4) is 17.2 Å². The van der Waals surface area contributed by atoms with Crippen LogP contribution in [0.4, 0.5) is 5.69 Å². The zero-order valence-corrected chi connectivity index (χ0v) is 19.5. The summed E-state index contributed by atoms with van der Waals surface area (Å²) in [7, 11) is 0. The van der Waals surface area contributed by atoms with Crippen LogP contribution < -0.4 is 15.4 Å². The number of hydrogen-bond donors (Lipinski definition) is 2. The predicted octanol–water partition coefficient (Wildman–Crippen LogP) is 5.96. The number of hydrogen-bond acceptors (Lipinski definition) is 5. The van der Waals surface area contributed by atoms with Crippen LogP contribution in [-0.4, -0.2) is 22.6 Å². The molecule has 0 saturated carbocycles. The zero-order valence-electron chi connectivity index (χ0n) is 18.7. The van der Waals surface area contributed by atoms with Crippen LogP contribution in [0.2, 0.25) is 0 Å². The van der Waals surface area contributed by atoms with Crippen LogP contribution in [0, 0.1) is 12.8 Å². The highest BCUT2D eigenvalue weighted by molar-refractivity contribution is 7.80. The molecule has 0 aliphatic rings. The SMILES string of the molecule is Cc1ccc2nc(-c3ccc(NC(=S)NC(=O)c4ccc(OCC(C)C)cc4)cc3)oc2c1. The number of fused-ring (bicyclic) bond motifs is 1. The molecule has 0 fully saturated rings. The summed E-state index contributed by atoms with van der Waals surface area (Å²) in [4.78, 5) is 17.0. The van der Waals surface area contributed by atoms with Crippen LogP contribution in [0.25, 0.3) is 22.6 Å². The highest BCUT2D eigenvalue weighted by Crippen LogP contribution is 2.26. The molecule has 4 rings (SSSR count). The van der Waals surface area contributed by atoms with Crippen LogP contribution in [0.5, 0.6) is 5.75 Å². The van der Waals surface area contributed by atoms with Gasteiger partial charge in [0.1, 0.15) is 11.3 Å². The molecular formula is C26H25N3O3S. The minimum atomic E-state index is -0.290. The molecule has 168 valence electrons. The third kappa shape index (κ3) is 5.75. The Balaban J connectivity index is 1.34. The van der Waals surface area contributed by atoms with Gasteiger partial charge in [-0.3, -0.25) is 10.1 Å². The monoisotopic (exact) mass is 459 g/mol. The van der Waals surface area contributed by atoms with Crippen LogP contribution in [0.1, 0.15) is 29.8 Å². The fourth-order valence-corrected chi connectivity index (χ4v) is 3.37. The van der Waals surface area contributed by atoms with Gasteiger partial charge >= 0.3 is 0 Å². The number of benzene rings is 3. The van der Waals surface area contributed by atoms with Crippen molar-refractivity contribution in [2.45, 2.75) is 20.8 Å². The standard InChI is InChI=1S/C26H25N3O3S/c1-16(2)15-31-21-11-7-18(8-12-21)24(30)29-26(33)27-20-9-5-19(6-10-20)25-28-22-13-4-17(3)14-23(22)32-25/h4-14,16H,15H2,1-3H3,(H2,27,29,30,33). The molecule has 2 N–H and O–H groups in total. The third-order valence-corrected chi connectivity index (χ3v) is 5.06. The molecule has 6 nitrogen and oxygen atoms in total. The van der Waals surface area contributed by atoms with Crippen molar-refractivity contribution >= 4 is 40.0 Å². The van der Waals surface area contributed by atoms with Crippen molar-refractivity contribution in [2.75, 3.05) is 11.9 Å². The van der Waals surface area contributed by atoms with E-state index in [1.165, 1.54) is 0 Å². The van der Waals surface area contributed by atoms with Crippen LogP contribution in [-0.2, 0) is 0 Å². The fraction of sp³-hybridized carbons (Fsp3) is 0.192. The smallest absolute Gasteiger partial charge is 0.257 e. The molecule has 1 amide bonds. The number of amides is 1. The average molecular weight is 460 g/mol. The molecule has 0 saturated heterocycles. The lowest BCUT2D eigenvalue weighted by molar-refractivity contribution is 0.0977. The van der Waals surface area contributed by atoms with E-state index in [4.69, 9.17) is 21.4 Å². The summed E-state index contributed by atoms with van der Waals surface area (Å²) in [5, 5.41) is 5.93. The fourth-order valence-electron chi connectivity index (χ4n) is 3.15. The van der Waals surface area contributed by atoms with E-state index in [-0.39, 0.29) is 11.0 Å². The van der Waals surface area contributed by atoms with Gasteiger partial charge in [-0.25, -0.2) is 4.98 Å². The molecule has 0 aliphatic carbocycles. The van der Waals surface area contributed by atoms with Crippen LogP contribution >= 0.6 is 12.2 Å². The molecule has 33 heavy (non-hydrogen) atoms. The van der Waals surface area contributed by atoms with E-state index in [2.05, 4.69) is 29.5 Å². The van der Waals surface area contributed by atoms with E-state index in [1.807, 2.05) is 49.4 Å². The van der Waals surface area contributed by atoms with Crippen molar-refractivity contribution in [1.82, 2.24) is 10.3 Å². The average Bonchev–Trinajstić information content (AvgIpc) is 3.21. The van der Waals surface area contributed by atoms with Gasteiger partial charge in [0, 0.05) is 16.8 Å². The Hall–Kier alpha value is -3.71. The first-order valence-corrected chi connectivity index (χ1v) is 11.1. The quantitative estimate of drug-likeness (QED) is 0.346. The van der Waals surface area contributed by atoms with Crippen molar-refractivity contribution < 1.29 is 13.9 Å². The number of rotatable bonds is 6. The highest BCUT2D eigenvalue weighted by Gasteiger charge is 2.11. The number of oxazole rings is 1. The summed E-state index contributed by atoms with van der Waals surface area (Å²) in [6.07, 6.45) is 0. The van der Waals surface area contributed by atoms with E-state index >= 15 is 0 Å². The normalized spacial score (nSPS) is 10.9. The van der Waals surface area contributed by atoms with Crippen molar-refractivity contribution in [3.05, 3.63) is 77.9 Å². The van der Waals surface area contributed by atoms with Crippen LogP contribution in [0.15, 0.2) is 71.1 Å². The second-order valence-electron chi connectivity index (χ2n) is 8.21. The summed E-state index contributed by atoms with van der Waals surface area (Å²) in [5.74, 6) is 1.43. The first-order valence-electron chi connectivity index (χ1n) is 10.7. The Morgan fingerprint density at radius 2 is 1.79 bits per heavy atom. The lowest BCUT2D eigenvalue weighted by Crippen LogP contribution is -2.34. The largest absolute Gasteiger partial charge is 0.493 e. The molecule has 1 aromatic heterocycles. The van der Waals surface area contributed by atoms with Gasteiger partial charge in [-0.05, 0) is 91.3 Å². The number of nitrogens with one attached hydrogen (secondary N) is 2. The number of anilines is 1. The highest BCUT2D eigenvalue weighted by atomic mass is 32.1. The molecule has 1 heterocycles. The number of carbonyl (C=O) groups is 1. The number of carbonyl (C=O) groups excluding carboxylic acids is 1. The van der Waals surface area contributed by atoms with E-state index in [1.54, 1.807) is 24.3 Å². The predicted molar refractivity (Wildman–Crippen MR) is 135 cm³/mol. The number of nitrogens with zero attached hydrogens (tertiary/aromatic N) is 1. The van der Waals surface area contributed by atoms with Gasteiger partial charge in [-0.15, -0.1) is 0 Å². The summed E-state index contributed by atoms with van der Waals surface area (Å²) in [5.41, 5.74) is 4.79. The Labute approximate surface area is 198 Å². The molecule has 0 unspecified atom stereocenters. The maximum Gasteiger partial charge on any atom is 0.257 e. The van der Waals surface area contributed by atoms with E-state index in [9.17, 15) is 4.79 Å². The molecule has 0 spiro atoms. The number of aryl methyl sites for hydroxylation is 1. The maximum atomic E-state index is 12.5. The van der Waals surface area contributed by atoms with Gasteiger partial charge in [-0.2, -0.15) is 0 Å². The van der Waals surface area contributed by atoms with E-state index < -0.39 is 0 Å². The molecule has 7 heteroatoms. The maximum absolute atomic E-state index is 12.5. The van der Waals surface area contributed by atoms with Gasteiger partial charge in [-0.1, -0.05) is 19.9 Å². The van der Waals surface area contributed by atoms with E-state index in [0.29, 0.717) is 24.0 Å². The molecule has 0 bridgehead atoms. The lowest BCUT2D eigenvalue weighted by atomic mass is 10.2. The second kappa shape index (κ2) is 9.83. The minimum Gasteiger partial charge on any atom is -0.493 e. The number of ether oxygens (including phenoxy) is 1. The lowest BCUT2D eigenvalue weighted by Gasteiger charge is -2.11. The van der Waals surface area contributed by atoms with Gasteiger partial charge in [0.15, 0.2) is 10.7 Å². The summed E-state index contributed by atoms with van der Waals surface area (Å²) in [6.45, 7) is 6.81. The van der Waals surface area contributed by atoms with Gasteiger partial charge < -0.3 is 14.5 Å². The third-order valence-electron chi connectivity index (χ3n) is 4.86. The summed E-state index contributed by atoms with van der Waals surface area (Å²) >= 11 is 5.29. The van der Waals surface area contributed by atoms with Crippen molar-refractivity contribution in [1.29, 1.82) is 0 Å². The number of thiocarbonyl (C=S) groups is 1. The van der Waals surface area contributed by atoms with Gasteiger partial charge in [0.2, 0.25) is 5.89 Å².